The van der Waals surface area contributed by atoms with Gasteiger partial charge < -0.3 is 16.0 Å². The number of nitrogens with two attached hydrogens (primary N) is 1. The topological polar surface area (TPSA) is 83.8 Å². The maximum absolute atomic E-state index is 11.4. The van der Waals surface area contributed by atoms with Crippen LogP contribution in [0.3, 0.4) is 0 Å². The number of aromatic nitrogens is 2. The van der Waals surface area contributed by atoms with E-state index < -0.39 is 5.91 Å². The van der Waals surface area contributed by atoms with Gasteiger partial charge in [-0.1, -0.05) is 13.0 Å². The summed E-state index contributed by atoms with van der Waals surface area (Å²) < 4.78 is 0. The fourth-order valence-corrected chi connectivity index (χ4v) is 2.60. The number of carbonyl (C=O) groups excluding carboxylic acids is 1. The molecule has 2 atom stereocenters. The van der Waals surface area contributed by atoms with Gasteiger partial charge in [-0.3, -0.25) is 4.79 Å². The molecule has 1 aliphatic heterocycles. The lowest BCUT2D eigenvalue weighted by molar-refractivity contribution is 0.100. The molecule has 3 rings (SSSR count). The Bertz CT molecular complexity index is 604. The van der Waals surface area contributed by atoms with E-state index in [0.717, 1.165) is 24.3 Å². The van der Waals surface area contributed by atoms with E-state index in [1.165, 1.54) is 0 Å². The van der Waals surface area contributed by atoms with Crippen LogP contribution in [0.5, 0.6) is 0 Å². The van der Waals surface area contributed by atoms with Gasteiger partial charge in [0.05, 0.1) is 17.1 Å². The highest BCUT2D eigenvalue weighted by Gasteiger charge is 2.27. The minimum absolute atomic E-state index is 0.234. The van der Waals surface area contributed by atoms with Crippen LogP contribution in [0.25, 0.3) is 11.0 Å². The number of para-hydroxylation sites is 1. The van der Waals surface area contributed by atoms with E-state index in [1.807, 2.05) is 12.1 Å². The van der Waals surface area contributed by atoms with E-state index in [-0.39, 0.29) is 6.04 Å². The molecule has 1 fully saturated rings. The molecule has 2 heterocycles. The Kier molecular flexibility index (Phi) is 2.56. The third kappa shape index (κ3) is 1.67. The van der Waals surface area contributed by atoms with Crippen molar-refractivity contribution in [2.24, 2.45) is 11.7 Å². The third-order valence-electron chi connectivity index (χ3n) is 3.62. The molecule has 1 saturated heterocycles. The van der Waals surface area contributed by atoms with E-state index in [0.29, 0.717) is 17.0 Å². The molecule has 1 amide bonds. The molecule has 0 unspecified atom stereocenters. The van der Waals surface area contributed by atoms with Gasteiger partial charge in [0.1, 0.15) is 11.3 Å². The first kappa shape index (κ1) is 11.2. The molecule has 94 valence electrons. The van der Waals surface area contributed by atoms with Crippen LogP contribution in [0, 0.1) is 5.92 Å². The van der Waals surface area contributed by atoms with E-state index in [4.69, 9.17) is 5.73 Å². The summed E-state index contributed by atoms with van der Waals surface area (Å²) in [4.78, 5) is 19.2. The first-order chi connectivity index (χ1) is 8.66. The van der Waals surface area contributed by atoms with Gasteiger partial charge in [-0.25, -0.2) is 4.98 Å². The van der Waals surface area contributed by atoms with Crippen LogP contribution in [0.2, 0.25) is 0 Å². The molecule has 4 N–H and O–H groups in total. The number of primary amides is 1. The summed E-state index contributed by atoms with van der Waals surface area (Å²) >= 11 is 0. The van der Waals surface area contributed by atoms with Crippen LogP contribution in [0.15, 0.2) is 18.2 Å². The second-order valence-corrected chi connectivity index (χ2v) is 4.89. The Morgan fingerprint density at radius 1 is 1.50 bits per heavy atom. The summed E-state index contributed by atoms with van der Waals surface area (Å²) in [7, 11) is 0. The van der Waals surface area contributed by atoms with E-state index in [1.54, 1.807) is 6.07 Å². The van der Waals surface area contributed by atoms with Crippen LogP contribution >= 0.6 is 0 Å². The third-order valence-corrected chi connectivity index (χ3v) is 3.62. The normalized spacial score (nSPS) is 23.6. The molecule has 0 spiro atoms. The van der Waals surface area contributed by atoms with E-state index >= 15 is 0 Å². The van der Waals surface area contributed by atoms with Crippen LogP contribution in [0.1, 0.15) is 35.6 Å². The van der Waals surface area contributed by atoms with Gasteiger partial charge in [-0.15, -0.1) is 0 Å². The lowest BCUT2D eigenvalue weighted by Crippen LogP contribution is -2.17. The zero-order valence-corrected chi connectivity index (χ0v) is 10.2. The summed E-state index contributed by atoms with van der Waals surface area (Å²) in [5.41, 5.74) is 7.36. The van der Waals surface area contributed by atoms with Gasteiger partial charge in [-0.05, 0) is 31.0 Å². The zero-order valence-electron chi connectivity index (χ0n) is 10.2. The number of hydrogen-bond donors (Lipinski definition) is 3. The Morgan fingerprint density at radius 3 is 3.00 bits per heavy atom. The molecule has 5 nitrogen and oxygen atoms in total. The Labute approximate surface area is 105 Å². The highest BCUT2D eigenvalue weighted by Crippen LogP contribution is 2.29. The second-order valence-electron chi connectivity index (χ2n) is 4.89. The number of imidazole rings is 1. The van der Waals surface area contributed by atoms with Crippen LogP contribution < -0.4 is 11.1 Å². The molecular weight excluding hydrogens is 228 g/mol. The number of rotatable bonds is 2. The highest BCUT2D eigenvalue weighted by atomic mass is 16.1. The minimum Gasteiger partial charge on any atom is -0.366 e. The quantitative estimate of drug-likeness (QED) is 0.745. The lowest BCUT2D eigenvalue weighted by atomic mass is 10.0. The van der Waals surface area contributed by atoms with Crippen molar-refractivity contribution in [2.75, 3.05) is 6.54 Å². The van der Waals surface area contributed by atoms with Crippen molar-refractivity contribution in [2.45, 2.75) is 19.4 Å². The van der Waals surface area contributed by atoms with Gasteiger partial charge in [-0.2, -0.15) is 0 Å². The van der Waals surface area contributed by atoms with E-state index in [9.17, 15) is 4.79 Å². The minimum atomic E-state index is -0.439. The fourth-order valence-electron chi connectivity index (χ4n) is 2.60. The van der Waals surface area contributed by atoms with Crippen molar-refractivity contribution < 1.29 is 4.79 Å². The predicted molar refractivity (Wildman–Crippen MR) is 69.1 cm³/mol. The number of nitrogens with zero attached hydrogens (tertiary/aromatic N) is 1. The summed E-state index contributed by atoms with van der Waals surface area (Å²) in [6.45, 7) is 3.21. The molecule has 18 heavy (non-hydrogen) atoms. The second kappa shape index (κ2) is 4.10. The number of aromatic amines is 1. The van der Waals surface area contributed by atoms with Crippen LogP contribution in [-0.4, -0.2) is 22.4 Å². The molecule has 5 heteroatoms. The Balaban J connectivity index is 2.11. The largest absolute Gasteiger partial charge is 0.366 e. The van der Waals surface area contributed by atoms with Gasteiger partial charge in [0.25, 0.3) is 5.91 Å². The molecule has 0 saturated carbocycles. The molecule has 0 bridgehead atoms. The van der Waals surface area contributed by atoms with Crippen LogP contribution in [-0.2, 0) is 0 Å². The van der Waals surface area contributed by atoms with Crippen LogP contribution in [0.4, 0.5) is 0 Å². The summed E-state index contributed by atoms with van der Waals surface area (Å²) in [5, 5.41) is 3.42. The Morgan fingerprint density at radius 2 is 2.33 bits per heavy atom. The first-order valence-electron chi connectivity index (χ1n) is 6.18. The molecule has 0 aliphatic carbocycles. The maximum atomic E-state index is 11.4. The Hall–Kier alpha value is -1.88. The van der Waals surface area contributed by atoms with Crippen molar-refractivity contribution in [1.29, 1.82) is 0 Å². The smallest absolute Gasteiger partial charge is 0.250 e. The van der Waals surface area contributed by atoms with Crippen molar-refractivity contribution in [3.8, 4) is 0 Å². The maximum Gasteiger partial charge on any atom is 0.250 e. The molecule has 0 radical (unpaired) electrons. The summed E-state index contributed by atoms with van der Waals surface area (Å²) in [6.07, 6.45) is 1.14. The summed E-state index contributed by atoms with van der Waals surface area (Å²) in [6, 6.07) is 5.67. The van der Waals surface area contributed by atoms with Crippen molar-refractivity contribution in [1.82, 2.24) is 15.3 Å². The number of H-pyrrole nitrogens is 1. The monoisotopic (exact) mass is 244 g/mol. The van der Waals surface area contributed by atoms with Crippen molar-refractivity contribution in [3.63, 3.8) is 0 Å². The number of amides is 1. The SMILES string of the molecule is C[C@@H]1CCN[C@@H]1c1nc2c(C(N)=O)cccc2[nH]1. The number of hydrogen-bond acceptors (Lipinski definition) is 3. The number of nitrogens with one attached hydrogen (secondary N) is 2. The molecule has 2 aromatic rings. The molecule has 1 aromatic carbocycles. The molecular formula is C13H16N4O. The van der Waals surface area contributed by atoms with Crippen molar-refractivity contribution in [3.05, 3.63) is 29.6 Å². The zero-order chi connectivity index (χ0) is 12.7. The number of fused-ring (bicyclic) bond motifs is 1. The van der Waals surface area contributed by atoms with Gasteiger partial charge in [0, 0.05) is 0 Å². The average molecular weight is 244 g/mol. The lowest BCUT2D eigenvalue weighted by Gasteiger charge is -2.11. The fraction of sp³-hybridized carbons (Fsp3) is 0.385. The number of benzene rings is 1. The summed E-state index contributed by atoms with van der Waals surface area (Å²) in [5.74, 6) is 0.998. The van der Waals surface area contributed by atoms with Gasteiger partial charge in [0.15, 0.2) is 0 Å². The predicted octanol–water partition coefficient (Wildman–Crippen LogP) is 1.33. The van der Waals surface area contributed by atoms with Gasteiger partial charge in [0.2, 0.25) is 0 Å². The average Bonchev–Trinajstić information content (AvgIpc) is 2.92. The van der Waals surface area contributed by atoms with Gasteiger partial charge >= 0.3 is 0 Å². The highest BCUT2D eigenvalue weighted by molar-refractivity contribution is 6.04. The standard InChI is InChI=1S/C13H16N4O/c1-7-5-6-15-10(7)13-16-9-4-2-3-8(12(14)18)11(9)17-13/h2-4,7,10,15H,5-6H2,1H3,(H2,14,18)(H,16,17)/t7-,10+/m1/s1. The van der Waals surface area contributed by atoms with Crippen molar-refractivity contribution >= 4 is 16.9 Å². The first-order valence-corrected chi connectivity index (χ1v) is 6.18. The number of carbonyl (C=O) groups is 1. The molecule has 1 aromatic heterocycles. The molecule has 1 aliphatic rings. The van der Waals surface area contributed by atoms with E-state index in [2.05, 4.69) is 22.2 Å².